The van der Waals surface area contributed by atoms with Gasteiger partial charge in [-0.15, -0.1) is 0 Å². The second-order valence-corrected chi connectivity index (χ2v) is 8.57. The summed E-state index contributed by atoms with van der Waals surface area (Å²) < 4.78 is 5.70. The van der Waals surface area contributed by atoms with Crippen LogP contribution in [0.25, 0.3) is 0 Å². The van der Waals surface area contributed by atoms with E-state index in [0.29, 0.717) is 12.1 Å². The summed E-state index contributed by atoms with van der Waals surface area (Å²) in [5, 5.41) is 7.10. The van der Waals surface area contributed by atoms with Crippen molar-refractivity contribution in [1.29, 1.82) is 0 Å². The molecule has 2 fully saturated rings. The number of rotatable bonds is 4. The van der Waals surface area contributed by atoms with Crippen molar-refractivity contribution >= 4 is 11.9 Å². The zero-order valence-electron chi connectivity index (χ0n) is 17.0. The van der Waals surface area contributed by atoms with Crippen molar-refractivity contribution in [1.82, 2.24) is 15.5 Å². The van der Waals surface area contributed by atoms with Crippen LogP contribution in [0, 0.1) is 11.3 Å². The molecular formula is C19H36N4O2. The summed E-state index contributed by atoms with van der Waals surface area (Å²) in [6.45, 7) is 6.63. The first-order valence-corrected chi connectivity index (χ1v) is 9.40. The number of guanidine groups is 1. The van der Waals surface area contributed by atoms with E-state index >= 15 is 0 Å². The number of aliphatic imine (C=N–C) groups is 1. The average molecular weight is 353 g/mol. The number of hydrogen-bond donors (Lipinski definition) is 2. The number of carbonyl (C=O) groups is 1. The van der Waals surface area contributed by atoms with Crippen LogP contribution in [-0.4, -0.2) is 62.7 Å². The molecule has 0 aromatic heterocycles. The molecular weight excluding hydrogens is 316 g/mol. The van der Waals surface area contributed by atoms with E-state index in [1.54, 1.807) is 12.0 Å². The Bertz CT molecular complexity index is 518. The number of amides is 1. The normalized spacial score (nSPS) is 34.8. The second kappa shape index (κ2) is 7.52. The molecule has 2 aliphatic carbocycles. The lowest BCUT2D eigenvalue weighted by Crippen LogP contribution is -2.69. The highest BCUT2D eigenvalue weighted by Gasteiger charge is 2.58. The van der Waals surface area contributed by atoms with Crippen molar-refractivity contribution < 1.29 is 9.53 Å². The number of methoxy groups -OCH3 is 1. The summed E-state index contributed by atoms with van der Waals surface area (Å²) in [6, 6.07) is 0.622. The summed E-state index contributed by atoms with van der Waals surface area (Å²) in [5.41, 5.74) is -0.0626. The smallest absolute Gasteiger partial charge is 0.225 e. The van der Waals surface area contributed by atoms with Crippen LogP contribution >= 0.6 is 0 Å². The van der Waals surface area contributed by atoms with E-state index in [-0.39, 0.29) is 22.8 Å². The Morgan fingerprint density at radius 1 is 1.20 bits per heavy atom. The zero-order valence-corrected chi connectivity index (χ0v) is 17.0. The molecule has 25 heavy (non-hydrogen) atoms. The van der Waals surface area contributed by atoms with Gasteiger partial charge in [-0.25, -0.2) is 0 Å². The van der Waals surface area contributed by atoms with E-state index in [2.05, 4.69) is 36.4 Å². The predicted molar refractivity (Wildman–Crippen MR) is 102 cm³/mol. The van der Waals surface area contributed by atoms with Gasteiger partial charge in [-0.2, -0.15) is 0 Å². The lowest BCUT2D eigenvalue weighted by atomic mass is 9.56. The molecule has 0 saturated heterocycles. The third-order valence-corrected chi connectivity index (χ3v) is 6.62. The van der Waals surface area contributed by atoms with Crippen LogP contribution < -0.4 is 10.6 Å². The molecule has 0 bridgehead atoms. The third-order valence-electron chi connectivity index (χ3n) is 6.62. The van der Waals surface area contributed by atoms with Crippen LogP contribution in [0.4, 0.5) is 0 Å². The van der Waals surface area contributed by atoms with E-state index in [1.165, 1.54) is 0 Å². The number of ether oxygens (including phenoxy) is 1. The monoisotopic (exact) mass is 352 g/mol. The van der Waals surface area contributed by atoms with E-state index in [9.17, 15) is 4.79 Å². The van der Waals surface area contributed by atoms with Gasteiger partial charge in [0.25, 0.3) is 0 Å². The first kappa shape index (κ1) is 20.0. The van der Waals surface area contributed by atoms with Gasteiger partial charge in [0.05, 0.1) is 5.60 Å². The number of nitrogens with one attached hydrogen (secondary N) is 2. The van der Waals surface area contributed by atoms with Crippen LogP contribution in [0.3, 0.4) is 0 Å². The van der Waals surface area contributed by atoms with Gasteiger partial charge in [0, 0.05) is 51.7 Å². The Morgan fingerprint density at radius 2 is 1.88 bits per heavy atom. The van der Waals surface area contributed by atoms with Gasteiger partial charge in [0.1, 0.15) is 0 Å². The minimum atomic E-state index is -0.0996. The van der Waals surface area contributed by atoms with Crippen molar-refractivity contribution in [3.63, 3.8) is 0 Å². The third kappa shape index (κ3) is 3.94. The fourth-order valence-electron chi connectivity index (χ4n) is 4.16. The fourth-order valence-corrected chi connectivity index (χ4v) is 4.16. The van der Waals surface area contributed by atoms with Crippen LogP contribution in [-0.2, 0) is 9.53 Å². The molecule has 4 atom stereocenters. The minimum Gasteiger partial charge on any atom is -0.378 e. The molecule has 1 amide bonds. The summed E-state index contributed by atoms with van der Waals surface area (Å²) in [7, 11) is 7.27. The second-order valence-electron chi connectivity index (χ2n) is 8.57. The standard InChI is InChI=1S/C19H36N4O2/c1-18(2)15(12-19(18,3)25-7)22-17(20-4)21-14-10-8-9-13(11-14)16(24)23(5)6/h13-15H,8-12H2,1-7H3,(H2,20,21,22). The molecule has 2 saturated carbocycles. The van der Waals surface area contributed by atoms with Gasteiger partial charge in [0.2, 0.25) is 5.91 Å². The van der Waals surface area contributed by atoms with Gasteiger partial charge in [-0.1, -0.05) is 20.3 Å². The SMILES string of the molecule is CN=C(NC1CCCC(C(=O)N(C)C)C1)NC1CC(C)(OC)C1(C)C. The highest BCUT2D eigenvalue weighted by atomic mass is 16.5. The molecule has 2 aliphatic rings. The molecule has 2 N–H and O–H groups in total. The molecule has 6 nitrogen and oxygen atoms in total. The Labute approximate surface area is 152 Å². The number of hydrogen-bond acceptors (Lipinski definition) is 3. The summed E-state index contributed by atoms with van der Waals surface area (Å²) >= 11 is 0. The van der Waals surface area contributed by atoms with E-state index in [1.807, 2.05) is 21.1 Å². The largest absolute Gasteiger partial charge is 0.378 e. The highest BCUT2D eigenvalue weighted by molar-refractivity contribution is 5.81. The van der Waals surface area contributed by atoms with E-state index in [4.69, 9.17) is 4.74 Å². The average Bonchev–Trinajstić information content (AvgIpc) is 2.59. The molecule has 0 aromatic rings. The summed E-state index contributed by atoms with van der Waals surface area (Å²) in [5.74, 6) is 1.20. The molecule has 0 heterocycles. The van der Waals surface area contributed by atoms with Crippen LogP contribution in [0.5, 0.6) is 0 Å². The number of carbonyl (C=O) groups excluding carboxylic acids is 1. The van der Waals surface area contributed by atoms with E-state index < -0.39 is 0 Å². The molecule has 4 unspecified atom stereocenters. The maximum absolute atomic E-state index is 12.3. The first-order valence-electron chi connectivity index (χ1n) is 9.40. The van der Waals surface area contributed by atoms with Crippen molar-refractivity contribution in [2.24, 2.45) is 16.3 Å². The maximum atomic E-state index is 12.3. The van der Waals surface area contributed by atoms with Gasteiger partial charge < -0.3 is 20.3 Å². The fraction of sp³-hybridized carbons (Fsp3) is 0.895. The Morgan fingerprint density at radius 3 is 2.40 bits per heavy atom. The van der Waals surface area contributed by atoms with Gasteiger partial charge in [0.15, 0.2) is 5.96 Å². The highest BCUT2D eigenvalue weighted by Crippen LogP contribution is 2.51. The maximum Gasteiger partial charge on any atom is 0.225 e. The molecule has 6 heteroatoms. The molecule has 144 valence electrons. The lowest BCUT2D eigenvalue weighted by molar-refractivity contribution is -0.176. The van der Waals surface area contributed by atoms with Crippen molar-refractivity contribution in [3.05, 3.63) is 0 Å². The van der Waals surface area contributed by atoms with Gasteiger partial charge >= 0.3 is 0 Å². The van der Waals surface area contributed by atoms with Gasteiger partial charge in [-0.05, 0) is 32.6 Å². The Kier molecular flexibility index (Phi) is 6.02. The van der Waals surface area contributed by atoms with Crippen LogP contribution in [0.15, 0.2) is 4.99 Å². The Balaban J connectivity index is 1.92. The minimum absolute atomic E-state index is 0.0371. The van der Waals surface area contributed by atoms with Crippen LogP contribution in [0.1, 0.15) is 52.9 Å². The molecule has 0 aromatic carbocycles. The van der Waals surface area contributed by atoms with Crippen molar-refractivity contribution in [3.8, 4) is 0 Å². The van der Waals surface area contributed by atoms with Crippen LogP contribution in [0.2, 0.25) is 0 Å². The molecule has 2 rings (SSSR count). The van der Waals surface area contributed by atoms with Crippen molar-refractivity contribution in [2.75, 3.05) is 28.3 Å². The zero-order chi connectivity index (χ0) is 18.8. The van der Waals surface area contributed by atoms with E-state index in [0.717, 1.165) is 38.1 Å². The summed E-state index contributed by atoms with van der Waals surface area (Å²) in [6.07, 6.45) is 4.99. The first-order chi connectivity index (χ1) is 11.6. The Hall–Kier alpha value is -1.30. The summed E-state index contributed by atoms with van der Waals surface area (Å²) in [4.78, 5) is 18.4. The molecule has 0 radical (unpaired) electrons. The molecule has 0 aliphatic heterocycles. The van der Waals surface area contributed by atoms with Gasteiger partial charge in [-0.3, -0.25) is 9.79 Å². The quantitative estimate of drug-likeness (QED) is 0.600. The topological polar surface area (TPSA) is 66.0 Å². The lowest BCUT2D eigenvalue weighted by Gasteiger charge is -2.59. The molecule has 0 spiro atoms. The van der Waals surface area contributed by atoms with Crippen molar-refractivity contribution in [2.45, 2.75) is 70.6 Å². The number of nitrogens with zero attached hydrogens (tertiary/aromatic N) is 2. The predicted octanol–water partition coefficient (Wildman–Crippen LogP) is 2.00.